The Morgan fingerprint density at radius 3 is 2.76 bits per heavy atom. The van der Waals surface area contributed by atoms with Gasteiger partial charge in [0.2, 0.25) is 0 Å². The predicted molar refractivity (Wildman–Crippen MR) is 69.8 cm³/mol. The fraction of sp³-hybridized carbons (Fsp3) is 0.308. The lowest BCUT2D eigenvalue weighted by Crippen LogP contribution is -2.16. The fourth-order valence-electron chi connectivity index (χ4n) is 1.78. The van der Waals surface area contributed by atoms with Gasteiger partial charge >= 0.3 is 0 Å². The van der Waals surface area contributed by atoms with Crippen LogP contribution in [0.3, 0.4) is 0 Å². The molecule has 0 aliphatic carbocycles. The Kier molecular flexibility index (Phi) is 3.77. The van der Waals surface area contributed by atoms with Crippen LogP contribution in [0.25, 0.3) is 0 Å². The lowest BCUT2D eigenvalue weighted by Gasteiger charge is -2.17. The van der Waals surface area contributed by atoms with Crippen molar-refractivity contribution < 1.29 is 0 Å². The van der Waals surface area contributed by atoms with E-state index in [2.05, 4.69) is 29.1 Å². The summed E-state index contributed by atoms with van der Waals surface area (Å²) in [4.78, 5) is 6.54. The lowest BCUT2D eigenvalue weighted by atomic mass is 10.3. The minimum absolute atomic E-state index is 0.643. The van der Waals surface area contributed by atoms with E-state index in [1.807, 2.05) is 35.3 Å². The Hall–Kier alpha value is -1.81. The van der Waals surface area contributed by atoms with Crippen molar-refractivity contribution in [3.8, 4) is 0 Å². The lowest BCUT2D eigenvalue weighted by molar-refractivity contribution is 0.706. The normalized spacial score (nSPS) is 10.5. The maximum atomic E-state index is 5.50. The van der Waals surface area contributed by atoms with Crippen LogP contribution in [0.1, 0.15) is 5.69 Å². The molecule has 1 heterocycles. The maximum Gasteiger partial charge on any atom is 0.0950 e. The molecule has 2 rings (SSSR count). The second kappa shape index (κ2) is 5.50. The molecule has 0 saturated carbocycles. The zero-order valence-electron chi connectivity index (χ0n) is 10.1. The SMILES string of the molecule is CN(Cc1cn(CCN)cn1)c1ccccc1. The largest absolute Gasteiger partial charge is 0.369 e. The second-order valence-corrected chi connectivity index (χ2v) is 4.08. The zero-order chi connectivity index (χ0) is 12.1. The third-order valence-corrected chi connectivity index (χ3v) is 2.67. The molecule has 0 spiro atoms. The van der Waals surface area contributed by atoms with Crippen LogP contribution in [0.5, 0.6) is 0 Å². The molecular weight excluding hydrogens is 212 g/mol. The Morgan fingerprint density at radius 1 is 1.29 bits per heavy atom. The van der Waals surface area contributed by atoms with Crippen molar-refractivity contribution in [3.05, 3.63) is 48.5 Å². The van der Waals surface area contributed by atoms with E-state index < -0.39 is 0 Å². The summed E-state index contributed by atoms with van der Waals surface area (Å²) in [6.07, 6.45) is 3.88. The number of rotatable bonds is 5. The van der Waals surface area contributed by atoms with Gasteiger partial charge in [0.15, 0.2) is 0 Å². The molecule has 2 N–H and O–H groups in total. The Bertz CT molecular complexity index is 449. The molecule has 0 amide bonds. The van der Waals surface area contributed by atoms with Gasteiger partial charge in [0.25, 0.3) is 0 Å². The first-order chi connectivity index (χ1) is 8.29. The van der Waals surface area contributed by atoms with Gasteiger partial charge in [-0.1, -0.05) is 18.2 Å². The number of nitrogens with two attached hydrogens (primary N) is 1. The summed E-state index contributed by atoms with van der Waals surface area (Å²) in [5, 5.41) is 0. The molecule has 1 aromatic carbocycles. The molecule has 2 aromatic rings. The number of imidazole rings is 1. The number of para-hydroxylation sites is 1. The molecule has 0 aliphatic rings. The molecule has 0 aliphatic heterocycles. The first-order valence-corrected chi connectivity index (χ1v) is 5.76. The Morgan fingerprint density at radius 2 is 2.06 bits per heavy atom. The van der Waals surface area contributed by atoms with E-state index >= 15 is 0 Å². The van der Waals surface area contributed by atoms with E-state index in [4.69, 9.17) is 5.73 Å². The third kappa shape index (κ3) is 3.07. The minimum atomic E-state index is 0.643. The summed E-state index contributed by atoms with van der Waals surface area (Å²) in [6.45, 7) is 2.27. The standard InChI is InChI=1S/C13H18N4/c1-16(13-5-3-2-4-6-13)9-12-10-17(8-7-14)11-15-12/h2-6,10-11H,7-9,14H2,1H3. The molecule has 90 valence electrons. The molecule has 0 fully saturated rings. The fourth-order valence-corrected chi connectivity index (χ4v) is 1.78. The van der Waals surface area contributed by atoms with Crippen molar-refractivity contribution in [1.82, 2.24) is 9.55 Å². The predicted octanol–water partition coefficient (Wildman–Crippen LogP) is 1.48. The number of aromatic nitrogens is 2. The first kappa shape index (κ1) is 11.7. The summed E-state index contributed by atoms with van der Waals surface area (Å²) >= 11 is 0. The van der Waals surface area contributed by atoms with Crippen LogP contribution >= 0.6 is 0 Å². The average molecular weight is 230 g/mol. The van der Waals surface area contributed by atoms with Gasteiger partial charge in [-0.15, -0.1) is 0 Å². The van der Waals surface area contributed by atoms with Crippen molar-refractivity contribution in [3.63, 3.8) is 0 Å². The zero-order valence-corrected chi connectivity index (χ0v) is 10.1. The molecule has 17 heavy (non-hydrogen) atoms. The van der Waals surface area contributed by atoms with E-state index in [1.54, 1.807) is 0 Å². The topological polar surface area (TPSA) is 47.1 Å². The number of benzene rings is 1. The summed E-state index contributed by atoms with van der Waals surface area (Å²) < 4.78 is 2.02. The van der Waals surface area contributed by atoms with Crippen LogP contribution in [0.15, 0.2) is 42.9 Å². The second-order valence-electron chi connectivity index (χ2n) is 4.08. The molecule has 0 radical (unpaired) electrons. The first-order valence-electron chi connectivity index (χ1n) is 5.76. The van der Waals surface area contributed by atoms with E-state index in [0.717, 1.165) is 18.8 Å². The molecule has 4 heteroatoms. The smallest absolute Gasteiger partial charge is 0.0950 e. The molecule has 0 unspecified atom stereocenters. The number of anilines is 1. The highest BCUT2D eigenvalue weighted by molar-refractivity contribution is 5.45. The van der Waals surface area contributed by atoms with Gasteiger partial charge in [-0.25, -0.2) is 4.98 Å². The van der Waals surface area contributed by atoms with Gasteiger partial charge in [-0.3, -0.25) is 0 Å². The van der Waals surface area contributed by atoms with Gasteiger partial charge < -0.3 is 15.2 Å². The van der Waals surface area contributed by atoms with Crippen LogP contribution in [-0.2, 0) is 13.1 Å². The molecule has 4 nitrogen and oxygen atoms in total. The monoisotopic (exact) mass is 230 g/mol. The van der Waals surface area contributed by atoms with Crippen molar-refractivity contribution in [1.29, 1.82) is 0 Å². The van der Waals surface area contributed by atoms with E-state index in [1.165, 1.54) is 5.69 Å². The average Bonchev–Trinajstić information content (AvgIpc) is 2.78. The molecule has 0 saturated heterocycles. The summed E-state index contributed by atoms with van der Waals surface area (Å²) in [5.41, 5.74) is 7.76. The van der Waals surface area contributed by atoms with Crippen molar-refractivity contribution in [2.75, 3.05) is 18.5 Å². The van der Waals surface area contributed by atoms with Gasteiger partial charge in [0.05, 0.1) is 18.6 Å². The minimum Gasteiger partial charge on any atom is -0.369 e. The molecule has 0 bridgehead atoms. The van der Waals surface area contributed by atoms with Crippen molar-refractivity contribution in [2.24, 2.45) is 5.73 Å². The van der Waals surface area contributed by atoms with Crippen LogP contribution in [0.2, 0.25) is 0 Å². The Balaban J connectivity index is 2.00. The Labute approximate surface area is 102 Å². The molecule has 1 aromatic heterocycles. The number of hydrogen-bond donors (Lipinski definition) is 1. The van der Waals surface area contributed by atoms with E-state index in [-0.39, 0.29) is 0 Å². The third-order valence-electron chi connectivity index (χ3n) is 2.67. The van der Waals surface area contributed by atoms with Gasteiger partial charge in [0.1, 0.15) is 0 Å². The van der Waals surface area contributed by atoms with Crippen LogP contribution in [-0.4, -0.2) is 23.1 Å². The van der Waals surface area contributed by atoms with Gasteiger partial charge in [-0.2, -0.15) is 0 Å². The maximum absolute atomic E-state index is 5.50. The summed E-state index contributed by atoms with van der Waals surface area (Å²) in [7, 11) is 2.07. The highest BCUT2D eigenvalue weighted by Gasteiger charge is 2.03. The van der Waals surface area contributed by atoms with Crippen molar-refractivity contribution in [2.45, 2.75) is 13.1 Å². The van der Waals surface area contributed by atoms with E-state index in [9.17, 15) is 0 Å². The van der Waals surface area contributed by atoms with Crippen LogP contribution < -0.4 is 10.6 Å². The van der Waals surface area contributed by atoms with Crippen LogP contribution in [0, 0.1) is 0 Å². The van der Waals surface area contributed by atoms with E-state index in [0.29, 0.717) is 6.54 Å². The van der Waals surface area contributed by atoms with Gasteiger partial charge in [0, 0.05) is 32.0 Å². The number of nitrogens with zero attached hydrogens (tertiary/aromatic N) is 3. The summed E-state index contributed by atoms with van der Waals surface area (Å²) in [5.74, 6) is 0. The van der Waals surface area contributed by atoms with Gasteiger partial charge in [-0.05, 0) is 12.1 Å². The molecular formula is C13H18N4. The quantitative estimate of drug-likeness (QED) is 0.846. The van der Waals surface area contributed by atoms with Crippen LogP contribution in [0.4, 0.5) is 5.69 Å². The molecule has 0 atom stereocenters. The highest BCUT2D eigenvalue weighted by atomic mass is 15.1. The summed E-state index contributed by atoms with van der Waals surface area (Å²) in [6, 6.07) is 10.3. The highest BCUT2D eigenvalue weighted by Crippen LogP contribution is 2.13. The number of hydrogen-bond acceptors (Lipinski definition) is 3. The van der Waals surface area contributed by atoms with Crippen molar-refractivity contribution >= 4 is 5.69 Å².